The Morgan fingerprint density at radius 2 is 2.00 bits per heavy atom. The second kappa shape index (κ2) is 5.97. The Labute approximate surface area is 96.6 Å². The third-order valence-corrected chi connectivity index (χ3v) is 2.14. The first-order valence-corrected chi connectivity index (χ1v) is 4.94. The lowest BCUT2D eigenvalue weighted by Gasteiger charge is -2.19. The molecular weight excluding hydrogens is 230 g/mol. The maximum Gasteiger partial charge on any atom is 0.287 e. The molecule has 0 aliphatic heterocycles. The quantitative estimate of drug-likeness (QED) is 0.453. The van der Waals surface area contributed by atoms with Crippen LogP contribution in [0, 0.1) is 10.1 Å². The van der Waals surface area contributed by atoms with E-state index in [1.807, 2.05) is 0 Å². The van der Waals surface area contributed by atoms with Crippen LogP contribution < -0.4 is 0 Å². The zero-order valence-corrected chi connectivity index (χ0v) is 9.00. The summed E-state index contributed by atoms with van der Waals surface area (Å²) in [6.45, 7) is -0.360. The molecule has 1 heterocycles. The van der Waals surface area contributed by atoms with Crippen molar-refractivity contribution in [2.45, 2.75) is 0 Å². The summed E-state index contributed by atoms with van der Waals surface area (Å²) in [6, 6.07) is 1.12. The van der Waals surface area contributed by atoms with Gasteiger partial charge in [-0.3, -0.25) is 14.9 Å². The normalized spacial score (nSPS) is 10.2. The smallest absolute Gasteiger partial charge is 0.287 e. The molecule has 0 saturated carbocycles. The number of H-pyrrole nitrogens is 1. The molecule has 3 N–H and O–H groups in total. The minimum atomic E-state index is -0.615. The monoisotopic (exact) mass is 243 g/mol. The Bertz CT molecular complexity index is 397. The van der Waals surface area contributed by atoms with Crippen LogP contribution in [0.2, 0.25) is 0 Å². The van der Waals surface area contributed by atoms with Crippen molar-refractivity contribution in [1.82, 2.24) is 9.88 Å². The summed E-state index contributed by atoms with van der Waals surface area (Å²) in [5, 5.41) is 28.0. The van der Waals surface area contributed by atoms with Gasteiger partial charge in [0.15, 0.2) is 0 Å². The molecule has 0 spiro atoms. The molecule has 1 amide bonds. The Balaban J connectivity index is 2.81. The second-order valence-electron chi connectivity index (χ2n) is 3.27. The molecule has 8 nitrogen and oxygen atoms in total. The number of carbonyl (C=O) groups excluding carboxylic acids is 1. The Morgan fingerprint density at radius 1 is 1.41 bits per heavy atom. The summed E-state index contributed by atoms with van der Waals surface area (Å²) in [4.78, 5) is 25.3. The van der Waals surface area contributed by atoms with E-state index >= 15 is 0 Å². The van der Waals surface area contributed by atoms with E-state index in [-0.39, 0.29) is 37.7 Å². The van der Waals surface area contributed by atoms with E-state index in [2.05, 4.69) is 4.98 Å². The highest BCUT2D eigenvalue weighted by molar-refractivity contribution is 5.93. The largest absolute Gasteiger partial charge is 0.395 e. The van der Waals surface area contributed by atoms with Gasteiger partial charge in [0, 0.05) is 19.2 Å². The lowest BCUT2D eigenvalue weighted by Crippen LogP contribution is -2.36. The van der Waals surface area contributed by atoms with Crippen molar-refractivity contribution >= 4 is 11.6 Å². The Hall–Kier alpha value is -1.93. The fraction of sp³-hybridized carbons (Fsp3) is 0.444. The average Bonchev–Trinajstić information content (AvgIpc) is 2.77. The minimum Gasteiger partial charge on any atom is -0.395 e. The van der Waals surface area contributed by atoms with Gasteiger partial charge >= 0.3 is 0 Å². The predicted octanol–water partition coefficient (Wildman–Crippen LogP) is -0.650. The molecule has 8 heteroatoms. The summed E-state index contributed by atoms with van der Waals surface area (Å²) >= 11 is 0. The first-order chi connectivity index (χ1) is 8.10. The van der Waals surface area contributed by atoms with Gasteiger partial charge in [-0.1, -0.05) is 0 Å². The number of nitro groups is 1. The topological polar surface area (TPSA) is 120 Å². The van der Waals surface area contributed by atoms with E-state index in [0.29, 0.717) is 0 Å². The third kappa shape index (κ3) is 3.26. The molecule has 0 atom stereocenters. The van der Waals surface area contributed by atoms with Gasteiger partial charge in [0.05, 0.1) is 24.3 Å². The number of rotatable bonds is 6. The van der Waals surface area contributed by atoms with Crippen molar-refractivity contribution in [2.24, 2.45) is 0 Å². The SMILES string of the molecule is O=C(c1cc([N+](=O)[O-])c[nH]1)N(CCO)CCO. The minimum absolute atomic E-state index is 0.0543. The molecule has 0 unspecified atom stereocenters. The molecule has 1 rings (SSSR count). The Kier molecular flexibility index (Phi) is 4.61. The number of nitrogens with zero attached hydrogens (tertiary/aromatic N) is 2. The fourth-order valence-corrected chi connectivity index (χ4v) is 1.34. The molecule has 0 aliphatic rings. The summed E-state index contributed by atoms with van der Waals surface area (Å²) < 4.78 is 0. The average molecular weight is 243 g/mol. The van der Waals surface area contributed by atoms with Crippen LogP contribution in [-0.4, -0.2) is 57.2 Å². The molecule has 0 aromatic carbocycles. The van der Waals surface area contributed by atoms with E-state index < -0.39 is 10.8 Å². The standard InChI is InChI=1S/C9H13N3O5/c13-3-1-11(2-4-14)9(15)8-5-7(6-10-8)12(16)17/h5-6,10,13-14H,1-4H2. The van der Waals surface area contributed by atoms with E-state index in [1.54, 1.807) is 0 Å². The van der Waals surface area contributed by atoms with Gasteiger partial charge in [-0.2, -0.15) is 0 Å². The van der Waals surface area contributed by atoms with Crippen molar-refractivity contribution in [3.63, 3.8) is 0 Å². The van der Waals surface area contributed by atoms with Gasteiger partial charge < -0.3 is 20.1 Å². The fourth-order valence-electron chi connectivity index (χ4n) is 1.34. The van der Waals surface area contributed by atoms with Crippen molar-refractivity contribution < 1.29 is 19.9 Å². The number of nitrogens with one attached hydrogen (secondary N) is 1. The number of aromatic nitrogens is 1. The predicted molar refractivity (Wildman–Crippen MR) is 57.5 cm³/mol. The third-order valence-electron chi connectivity index (χ3n) is 2.14. The molecule has 1 aromatic heterocycles. The van der Waals surface area contributed by atoms with E-state index in [9.17, 15) is 14.9 Å². The van der Waals surface area contributed by atoms with Crippen LogP contribution in [0.5, 0.6) is 0 Å². The van der Waals surface area contributed by atoms with E-state index in [1.165, 1.54) is 4.90 Å². The summed E-state index contributed by atoms with van der Waals surface area (Å²) in [7, 11) is 0. The highest BCUT2D eigenvalue weighted by Crippen LogP contribution is 2.13. The highest BCUT2D eigenvalue weighted by atomic mass is 16.6. The molecule has 0 aliphatic carbocycles. The van der Waals surface area contributed by atoms with E-state index in [4.69, 9.17) is 10.2 Å². The lowest BCUT2D eigenvalue weighted by atomic mass is 10.3. The number of aliphatic hydroxyl groups excluding tert-OH is 2. The van der Waals surface area contributed by atoms with Gasteiger partial charge in [-0.05, 0) is 0 Å². The number of hydrogen-bond donors (Lipinski definition) is 3. The van der Waals surface area contributed by atoms with Crippen LogP contribution in [0.1, 0.15) is 10.5 Å². The van der Waals surface area contributed by atoms with Crippen LogP contribution in [0.25, 0.3) is 0 Å². The second-order valence-corrected chi connectivity index (χ2v) is 3.27. The summed E-state index contributed by atoms with van der Waals surface area (Å²) in [6.07, 6.45) is 1.11. The van der Waals surface area contributed by atoms with Crippen LogP contribution in [-0.2, 0) is 0 Å². The first-order valence-electron chi connectivity index (χ1n) is 4.94. The number of aliphatic hydroxyl groups is 2. The number of aromatic amines is 1. The molecule has 17 heavy (non-hydrogen) atoms. The summed E-state index contributed by atoms with van der Waals surface area (Å²) in [5.74, 6) is -0.499. The van der Waals surface area contributed by atoms with Crippen LogP contribution in [0.4, 0.5) is 5.69 Å². The van der Waals surface area contributed by atoms with Crippen molar-refractivity contribution in [1.29, 1.82) is 0 Å². The van der Waals surface area contributed by atoms with Gasteiger partial charge in [0.1, 0.15) is 5.69 Å². The van der Waals surface area contributed by atoms with Gasteiger partial charge in [-0.25, -0.2) is 0 Å². The summed E-state index contributed by atoms with van der Waals surface area (Å²) in [5.41, 5.74) is -0.153. The first kappa shape index (κ1) is 13.1. The molecule has 1 aromatic rings. The molecule has 94 valence electrons. The van der Waals surface area contributed by atoms with Crippen molar-refractivity contribution in [2.75, 3.05) is 26.3 Å². The molecule has 0 fully saturated rings. The van der Waals surface area contributed by atoms with Gasteiger partial charge in [0.2, 0.25) is 0 Å². The number of amides is 1. The van der Waals surface area contributed by atoms with Crippen molar-refractivity contribution in [3.8, 4) is 0 Å². The molecule has 0 saturated heterocycles. The highest BCUT2D eigenvalue weighted by Gasteiger charge is 2.19. The Morgan fingerprint density at radius 3 is 2.41 bits per heavy atom. The molecule has 0 radical (unpaired) electrons. The van der Waals surface area contributed by atoms with Crippen LogP contribution in [0.15, 0.2) is 12.3 Å². The lowest BCUT2D eigenvalue weighted by molar-refractivity contribution is -0.384. The van der Waals surface area contributed by atoms with Crippen LogP contribution >= 0.6 is 0 Å². The number of carbonyl (C=O) groups is 1. The zero-order chi connectivity index (χ0) is 12.8. The van der Waals surface area contributed by atoms with E-state index in [0.717, 1.165) is 12.3 Å². The van der Waals surface area contributed by atoms with Gasteiger partial charge in [-0.15, -0.1) is 0 Å². The van der Waals surface area contributed by atoms with Gasteiger partial charge in [0.25, 0.3) is 11.6 Å². The maximum atomic E-state index is 11.8. The zero-order valence-electron chi connectivity index (χ0n) is 9.00. The number of hydrogen-bond acceptors (Lipinski definition) is 5. The molecular formula is C9H13N3O5. The van der Waals surface area contributed by atoms with Crippen LogP contribution in [0.3, 0.4) is 0 Å². The van der Waals surface area contributed by atoms with Crippen molar-refractivity contribution in [3.05, 3.63) is 28.1 Å². The maximum absolute atomic E-state index is 11.8. The molecule has 0 bridgehead atoms.